The lowest BCUT2D eigenvalue weighted by Crippen LogP contribution is -2.24. The van der Waals surface area contributed by atoms with E-state index in [9.17, 15) is 8.42 Å². The van der Waals surface area contributed by atoms with E-state index in [2.05, 4.69) is 14.9 Å². The molecule has 0 radical (unpaired) electrons. The summed E-state index contributed by atoms with van der Waals surface area (Å²) in [4.78, 5) is 0.310. The maximum absolute atomic E-state index is 12.3. The average molecular weight is 306 g/mol. The van der Waals surface area contributed by atoms with E-state index < -0.39 is 10.0 Å². The highest BCUT2D eigenvalue weighted by Crippen LogP contribution is 2.24. The Morgan fingerprint density at radius 3 is 2.71 bits per heavy atom. The Balaban J connectivity index is 1.80. The van der Waals surface area contributed by atoms with Crippen LogP contribution < -0.4 is 10.5 Å². The molecule has 6 nitrogen and oxygen atoms in total. The molecule has 1 heterocycles. The minimum atomic E-state index is -3.53. The first kappa shape index (κ1) is 14.1. The van der Waals surface area contributed by atoms with Crippen LogP contribution in [0, 0.1) is 0 Å². The average Bonchev–Trinajstić information content (AvgIpc) is 2.90. The second-order valence-electron chi connectivity index (χ2n) is 5.27. The van der Waals surface area contributed by atoms with Crippen LogP contribution in [-0.2, 0) is 29.4 Å². The lowest BCUT2D eigenvalue weighted by atomic mass is 9.92. The first-order valence-electron chi connectivity index (χ1n) is 6.95. The van der Waals surface area contributed by atoms with Crippen LogP contribution in [0.15, 0.2) is 29.3 Å². The van der Waals surface area contributed by atoms with Crippen LogP contribution in [0.1, 0.15) is 29.5 Å². The number of rotatable bonds is 4. The molecule has 7 heteroatoms. The number of hydrogen-bond donors (Lipinski definition) is 3. The molecule has 1 aromatic carbocycles. The number of aryl methyl sites for hydroxylation is 2. The van der Waals surface area contributed by atoms with E-state index in [1.54, 1.807) is 12.1 Å². The molecule has 0 aliphatic heterocycles. The van der Waals surface area contributed by atoms with Crippen LogP contribution in [-0.4, -0.2) is 18.6 Å². The molecule has 0 amide bonds. The normalized spacial score (nSPS) is 14.9. The van der Waals surface area contributed by atoms with E-state index >= 15 is 0 Å². The van der Waals surface area contributed by atoms with Gasteiger partial charge in [0, 0.05) is 12.1 Å². The van der Waals surface area contributed by atoms with Crippen LogP contribution in [0.2, 0.25) is 0 Å². The molecule has 112 valence electrons. The Morgan fingerprint density at radius 2 is 2.00 bits per heavy atom. The number of anilines is 1. The minimum absolute atomic E-state index is 0.127. The molecule has 4 N–H and O–H groups in total. The van der Waals surface area contributed by atoms with Gasteiger partial charge in [0.15, 0.2) is 0 Å². The zero-order valence-corrected chi connectivity index (χ0v) is 12.4. The molecule has 1 aromatic heterocycles. The van der Waals surface area contributed by atoms with Gasteiger partial charge >= 0.3 is 0 Å². The van der Waals surface area contributed by atoms with Crippen molar-refractivity contribution in [1.29, 1.82) is 0 Å². The molecule has 0 saturated heterocycles. The van der Waals surface area contributed by atoms with Gasteiger partial charge in [-0.1, -0.05) is 6.07 Å². The molecule has 0 unspecified atom stereocenters. The van der Waals surface area contributed by atoms with Crippen molar-refractivity contribution in [2.45, 2.75) is 37.1 Å². The molecule has 0 fully saturated rings. The smallest absolute Gasteiger partial charge is 0.240 e. The first-order chi connectivity index (χ1) is 10.1. The Kier molecular flexibility index (Phi) is 3.69. The Labute approximate surface area is 123 Å². The molecule has 0 saturated carbocycles. The van der Waals surface area contributed by atoms with Gasteiger partial charge in [0.2, 0.25) is 10.0 Å². The summed E-state index contributed by atoms with van der Waals surface area (Å²) in [6.45, 7) is 0.127. The summed E-state index contributed by atoms with van der Waals surface area (Å²) >= 11 is 0. The summed E-state index contributed by atoms with van der Waals surface area (Å²) in [5.41, 5.74) is 8.69. The molecule has 3 rings (SSSR count). The van der Waals surface area contributed by atoms with Gasteiger partial charge in [0.05, 0.1) is 11.1 Å². The third-order valence-corrected chi connectivity index (χ3v) is 5.23. The molecular formula is C14H18N4O2S. The van der Waals surface area contributed by atoms with Gasteiger partial charge in [0.1, 0.15) is 5.82 Å². The molecule has 0 spiro atoms. The molecule has 2 aromatic rings. The van der Waals surface area contributed by atoms with E-state index in [4.69, 9.17) is 5.73 Å². The monoisotopic (exact) mass is 306 g/mol. The van der Waals surface area contributed by atoms with E-state index in [-0.39, 0.29) is 6.54 Å². The number of nitrogen functional groups attached to an aromatic ring is 1. The van der Waals surface area contributed by atoms with Crippen molar-refractivity contribution in [3.63, 3.8) is 0 Å². The summed E-state index contributed by atoms with van der Waals surface area (Å²) in [6.07, 6.45) is 5.80. The summed E-state index contributed by atoms with van der Waals surface area (Å²) in [6, 6.07) is 5.38. The lowest BCUT2D eigenvalue weighted by molar-refractivity contribution is 0.580. The quantitative estimate of drug-likeness (QED) is 0.793. The molecule has 0 bridgehead atoms. The minimum Gasteiger partial charge on any atom is -0.384 e. The number of nitrogens with one attached hydrogen (secondary N) is 2. The van der Waals surface area contributed by atoms with Crippen molar-refractivity contribution >= 4 is 15.8 Å². The third kappa shape index (κ3) is 2.93. The SMILES string of the molecule is Nc1[nH]ncc1CNS(=O)(=O)c1ccc2c(c1)CCCC2. The Morgan fingerprint density at radius 1 is 1.24 bits per heavy atom. The zero-order valence-electron chi connectivity index (χ0n) is 11.6. The second kappa shape index (κ2) is 5.50. The van der Waals surface area contributed by atoms with E-state index in [1.807, 2.05) is 6.07 Å². The van der Waals surface area contributed by atoms with E-state index in [1.165, 1.54) is 18.2 Å². The highest BCUT2D eigenvalue weighted by molar-refractivity contribution is 7.89. The highest BCUT2D eigenvalue weighted by atomic mass is 32.2. The number of sulfonamides is 1. The molecule has 0 atom stereocenters. The van der Waals surface area contributed by atoms with Gasteiger partial charge < -0.3 is 5.73 Å². The largest absolute Gasteiger partial charge is 0.384 e. The molecule has 1 aliphatic rings. The fourth-order valence-corrected chi connectivity index (χ4v) is 3.65. The number of benzene rings is 1. The van der Waals surface area contributed by atoms with Gasteiger partial charge in [-0.25, -0.2) is 13.1 Å². The predicted octanol–water partition coefficient (Wildman–Crippen LogP) is 1.35. The standard InChI is InChI=1S/C14H18N4O2S/c15-14-12(8-16-18-14)9-17-21(19,20)13-6-5-10-3-1-2-4-11(10)7-13/h5-8,17H,1-4,9H2,(H3,15,16,18). The fourth-order valence-electron chi connectivity index (χ4n) is 2.60. The summed E-state index contributed by atoms with van der Waals surface area (Å²) in [5, 5.41) is 6.35. The van der Waals surface area contributed by atoms with Crippen molar-refractivity contribution in [2.75, 3.05) is 5.73 Å². The van der Waals surface area contributed by atoms with Crippen LogP contribution in [0.5, 0.6) is 0 Å². The number of hydrogen-bond acceptors (Lipinski definition) is 4. The van der Waals surface area contributed by atoms with Gasteiger partial charge in [-0.2, -0.15) is 5.10 Å². The molecule has 21 heavy (non-hydrogen) atoms. The number of nitrogens with two attached hydrogens (primary N) is 1. The van der Waals surface area contributed by atoms with Crippen molar-refractivity contribution in [2.24, 2.45) is 0 Å². The lowest BCUT2D eigenvalue weighted by Gasteiger charge is -2.16. The first-order valence-corrected chi connectivity index (χ1v) is 8.44. The number of fused-ring (bicyclic) bond motifs is 1. The maximum atomic E-state index is 12.3. The summed E-state index contributed by atoms with van der Waals surface area (Å²) < 4.78 is 27.2. The van der Waals surface area contributed by atoms with Crippen molar-refractivity contribution < 1.29 is 8.42 Å². The predicted molar refractivity (Wildman–Crippen MR) is 80.1 cm³/mol. The van der Waals surface area contributed by atoms with Crippen LogP contribution >= 0.6 is 0 Å². The fraction of sp³-hybridized carbons (Fsp3) is 0.357. The van der Waals surface area contributed by atoms with E-state index in [0.717, 1.165) is 24.8 Å². The van der Waals surface area contributed by atoms with Crippen LogP contribution in [0.4, 0.5) is 5.82 Å². The Hall–Kier alpha value is -1.86. The zero-order chi connectivity index (χ0) is 14.9. The van der Waals surface area contributed by atoms with Crippen molar-refractivity contribution in [1.82, 2.24) is 14.9 Å². The van der Waals surface area contributed by atoms with Gasteiger partial charge in [0.25, 0.3) is 0 Å². The number of aromatic amines is 1. The molecule has 1 aliphatic carbocycles. The van der Waals surface area contributed by atoms with Crippen LogP contribution in [0.3, 0.4) is 0 Å². The topological polar surface area (TPSA) is 101 Å². The molecular weight excluding hydrogens is 288 g/mol. The van der Waals surface area contributed by atoms with E-state index in [0.29, 0.717) is 16.3 Å². The number of H-pyrrole nitrogens is 1. The maximum Gasteiger partial charge on any atom is 0.240 e. The van der Waals surface area contributed by atoms with Gasteiger partial charge in [-0.05, 0) is 48.9 Å². The highest BCUT2D eigenvalue weighted by Gasteiger charge is 2.18. The number of nitrogens with zero attached hydrogens (tertiary/aromatic N) is 1. The third-order valence-electron chi connectivity index (χ3n) is 3.83. The summed E-state index contributed by atoms with van der Waals surface area (Å²) in [5.74, 6) is 0.378. The van der Waals surface area contributed by atoms with Crippen molar-refractivity contribution in [3.8, 4) is 0 Å². The van der Waals surface area contributed by atoms with Crippen LogP contribution in [0.25, 0.3) is 0 Å². The Bertz CT molecular complexity index is 752. The second-order valence-corrected chi connectivity index (χ2v) is 7.04. The van der Waals surface area contributed by atoms with Gasteiger partial charge in [-0.3, -0.25) is 5.10 Å². The van der Waals surface area contributed by atoms with Crippen molar-refractivity contribution in [3.05, 3.63) is 41.1 Å². The summed E-state index contributed by atoms with van der Waals surface area (Å²) in [7, 11) is -3.53. The number of aromatic nitrogens is 2. The van der Waals surface area contributed by atoms with Gasteiger partial charge in [-0.15, -0.1) is 0 Å².